The Kier molecular flexibility index (Phi) is 9.96. The zero-order valence-electron chi connectivity index (χ0n) is 28.1. The molecular formula is C37H56O4. The fraction of sp³-hybridized carbons (Fsp3) is 0.595. The first kappa shape index (κ1) is 34.5. The van der Waals surface area contributed by atoms with Crippen molar-refractivity contribution in [3.63, 3.8) is 0 Å². The smallest absolute Gasteiger partial charge is 0.331 e. The lowest BCUT2D eigenvalue weighted by Crippen LogP contribution is -2.33. The second-order valence-electron chi connectivity index (χ2n) is 14.4. The number of ether oxygens (including phenoxy) is 1. The molecule has 0 saturated heterocycles. The van der Waals surface area contributed by atoms with Gasteiger partial charge in [0.25, 0.3) is 0 Å². The van der Waals surface area contributed by atoms with Gasteiger partial charge in [0.1, 0.15) is 11.5 Å². The van der Waals surface area contributed by atoms with E-state index in [0.29, 0.717) is 11.1 Å². The molecule has 2 aromatic rings. The Morgan fingerprint density at radius 3 is 1.20 bits per heavy atom. The molecule has 0 atom stereocenters. The van der Waals surface area contributed by atoms with Gasteiger partial charge in [-0.2, -0.15) is 0 Å². The molecule has 0 aromatic heterocycles. The second kappa shape index (κ2) is 11.9. The highest BCUT2D eigenvalue weighted by molar-refractivity contribution is 5.82. The molecule has 2 N–H and O–H groups in total. The second-order valence-corrected chi connectivity index (χ2v) is 14.4. The molecule has 0 fully saturated rings. The van der Waals surface area contributed by atoms with Crippen LogP contribution in [0.3, 0.4) is 0 Å². The Balaban J connectivity index is 3.26. The summed E-state index contributed by atoms with van der Waals surface area (Å²) in [5, 5.41) is 24.1. The lowest BCUT2D eigenvalue weighted by atomic mass is 9.70. The van der Waals surface area contributed by atoms with Crippen molar-refractivity contribution < 1.29 is 19.7 Å². The van der Waals surface area contributed by atoms with Crippen molar-refractivity contribution in [1.29, 1.82) is 0 Å². The average Bonchev–Trinajstić information content (AvgIpc) is 2.92. The average molecular weight is 565 g/mol. The van der Waals surface area contributed by atoms with Crippen LogP contribution in [0.4, 0.5) is 0 Å². The Hall–Kier alpha value is -2.75. The highest BCUT2D eigenvalue weighted by Crippen LogP contribution is 2.51. The first-order valence-corrected chi connectivity index (χ1v) is 15.3. The van der Waals surface area contributed by atoms with Crippen molar-refractivity contribution in [1.82, 2.24) is 0 Å². The summed E-state index contributed by atoms with van der Waals surface area (Å²) in [6, 6.07) is 8.13. The monoisotopic (exact) mass is 564 g/mol. The lowest BCUT2D eigenvalue weighted by Gasteiger charge is -2.38. The van der Waals surface area contributed by atoms with Crippen LogP contribution >= 0.6 is 0 Å². The fourth-order valence-electron chi connectivity index (χ4n) is 5.10. The number of esters is 1. The Bertz CT molecular complexity index is 1190. The predicted octanol–water partition coefficient (Wildman–Crippen LogP) is 9.84. The van der Waals surface area contributed by atoms with Gasteiger partial charge < -0.3 is 14.9 Å². The van der Waals surface area contributed by atoms with E-state index >= 15 is 0 Å². The van der Waals surface area contributed by atoms with Crippen LogP contribution in [0.2, 0.25) is 0 Å². The summed E-state index contributed by atoms with van der Waals surface area (Å²) in [5.41, 5.74) is 2.03. The molecule has 41 heavy (non-hydrogen) atoms. The van der Waals surface area contributed by atoms with Crippen LogP contribution in [0.1, 0.15) is 149 Å². The first-order chi connectivity index (χ1) is 18.7. The molecule has 2 rings (SSSR count). The maximum absolute atomic E-state index is 13.0. The van der Waals surface area contributed by atoms with Gasteiger partial charge in [-0.15, -0.1) is 0 Å². The SMILES string of the molecule is C=CC(=O)OC(C)(c1cc(C(C)(C)CC)cc(C(C)(C)CC)c1O)c1cc(C(C)(C)CC)cc(C(C)(C)CC)c1O. The van der Waals surface area contributed by atoms with Crippen LogP contribution in [0, 0.1) is 0 Å². The summed E-state index contributed by atoms with van der Waals surface area (Å²) in [6.07, 6.45) is 4.51. The van der Waals surface area contributed by atoms with Gasteiger partial charge in [-0.3, -0.25) is 0 Å². The summed E-state index contributed by atoms with van der Waals surface area (Å²) in [5.74, 6) is -0.454. The summed E-state index contributed by atoms with van der Waals surface area (Å²) in [4.78, 5) is 13.0. The van der Waals surface area contributed by atoms with Crippen LogP contribution in [-0.4, -0.2) is 16.2 Å². The van der Waals surface area contributed by atoms with Crippen molar-refractivity contribution in [2.75, 3.05) is 0 Å². The van der Waals surface area contributed by atoms with Gasteiger partial charge in [0.2, 0.25) is 0 Å². The minimum atomic E-state index is -1.50. The summed E-state index contributed by atoms with van der Waals surface area (Å²) < 4.78 is 6.25. The molecule has 0 spiro atoms. The quantitative estimate of drug-likeness (QED) is 0.199. The maximum Gasteiger partial charge on any atom is 0.331 e. The molecule has 0 aliphatic heterocycles. The minimum Gasteiger partial charge on any atom is -0.507 e. The number of aromatic hydroxyl groups is 2. The first-order valence-electron chi connectivity index (χ1n) is 15.3. The van der Waals surface area contributed by atoms with Gasteiger partial charge in [-0.25, -0.2) is 4.79 Å². The van der Waals surface area contributed by atoms with Gasteiger partial charge in [0.05, 0.1) is 0 Å². The summed E-state index contributed by atoms with van der Waals surface area (Å²) >= 11 is 0. The van der Waals surface area contributed by atoms with E-state index in [9.17, 15) is 15.0 Å². The zero-order valence-corrected chi connectivity index (χ0v) is 28.1. The molecule has 0 unspecified atom stereocenters. The van der Waals surface area contributed by atoms with Gasteiger partial charge in [-0.1, -0.05) is 102 Å². The van der Waals surface area contributed by atoms with Crippen molar-refractivity contribution in [2.45, 2.75) is 143 Å². The Morgan fingerprint density at radius 2 is 0.927 bits per heavy atom. The van der Waals surface area contributed by atoms with Crippen molar-refractivity contribution in [3.8, 4) is 11.5 Å². The Morgan fingerprint density at radius 1 is 0.634 bits per heavy atom. The number of carbonyl (C=O) groups is 1. The largest absolute Gasteiger partial charge is 0.507 e. The van der Waals surface area contributed by atoms with Crippen LogP contribution in [-0.2, 0) is 36.8 Å². The van der Waals surface area contributed by atoms with E-state index in [4.69, 9.17) is 4.74 Å². The minimum absolute atomic E-state index is 0.0859. The van der Waals surface area contributed by atoms with Crippen LogP contribution in [0.25, 0.3) is 0 Å². The van der Waals surface area contributed by atoms with Gasteiger partial charge >= 0.3 is 5.97 Å². The predicted molar refractivity (Wildman–Crippen MR) is 172 cm³/mol. The van der Waals surface area contributed by atoms with E-state index in [1.807, 2.05) is 12.1 Å². The van der Waals surface area contributed by atoms with Gasteiger partial charge in [0, 0.05) is 28.3 Å². The molecule has 0 aliphatic rings. The number of phenols is 2. The van der Waals surface area contributed by atoms with Crippen LogP contribution in [0.15, 0.2) is 36.9 Å². The van der Waals surface area contributed by atoms with Crippen molar-refractivity contribution >= 4 is 5.97 Å². The Labute approximate surface area is 250 Å². The molecule has 0 saturated carbocycles. The third kappa shape index (κ3) is 6.52. The number of hydrogen-bond acceptors (Lipinski definition) is 4. The molecular weight excluding hydrogens is 508 g/mol. The van der Waals surface area contributed by atoms with E-state index in [1.54, 1.807) is 6.92 Å². The summed E-state index contributed by atoms with van der Waals surface area (Å²) in [7, 11) is 0. The normalized spacial score (nSPS) is 13.3. The highest BCUT2D eigenvalue weighted by Gasteiger charge is 2.43. The van der Waals surface area contributed by atoms with Crippen LogP contribution in [0.5, 0.6) is 11.5 Å². The molecule has 4 heteroatoms. The number of carbonyl (C=O) groups excluding carboxylic acids is 1. The summed E-state index contributed by atoms with van der Waals surface area (Å²) in [6.45, 7) is 31.2. The number of benzene rings is 2. The van der Waals surface area contributed by atoms with Crippen LogP contribution < -0.4 is 0 Å². The number of phenolic OH excluding ortho intramolecular Hbond substituents is 2. The molecule has 4 nitrogen and oxygen atoms in total. The van der Waals surface area contributed by atoms with E-state index in [0.717, 1.165) is 54.0 Å². The molecule has 0 aliphatic carbocycles. The number of hydrogen-bond donors (Lipinski definition) is 2. The molecule has 0 heterocycles. The van der Waals surface area contributed by atoms with Crippen molar-refractivity contribution in [2.24, 2.45) is 0 Å². The van der Waals surface area contributed by atoms with E-state index in [-0.39, 0.29) is 33.2 Å². The number of rotatable bonds is 12. The highest BCUT2D eigenvalue weighted by atomic mass is 16.6. The fourth-order valence-corrected chi connectivity index (χ4v) is 5.10. The zero-order chi connectivity index (χ0) is 31.8. The molecule has 228 valence electrons. The van der Waals surface area contributed by atoms with E-state index in [2.05, 4.69) is 102 Å². The molecule has 0 bridgehead atoms. The molecule has 0 radical (unpaired) electrons. The van der Waals surface area contributed by atoms with E-state index in [1.165, 1.54) is 0 Å². The molecule has 0 amide bonds. The third-order valence-electron chi connectivity index (χ3n) is 10.3. The van der Waals surface area contributed by atoms with Crippen molar-refractivity contribution in [3.05, 3.63) is 70.3 Å². The van der Waals surface area contributed by atoms with E-state index < -0.39 is 11.6 Å². The molecule has 2 aromatic carbocycles. The standard InChI is InChI=1S/C37H56O4/c1-15-30(38)41-37(14,28-22-24(33(6,7)16-2)20-26(31(28)39)35(10,11)18-4)29-23-25(34(8,9)17-3)21-27(32(29)40)36(12,13)19-5/h15,20-23,39-40H,1,16-19H2,2-14H3. The maximum atomic E-state index is 13.0. The van der Waals surface area contributed by atoms with Gasteiger partial charge in [-0.05, 0) is 77.5 Å². The lowest BCUT2D eigenvalue weighted by molar-refractivity contribution is -0.149. The topological polar surface area (TPSA) is 66.8 Å². The third-order valence-corrected chi connectivity index (χ3v) is 10.3. The van der Waals surface area contributed by atoms with Gasteiger partial charge in [0.15, 0.2) is 5.60 Å².